The first-order valence-electron chi connectivity index (χ1n) is 8.67. The summed E-state index contributed by atoms with van der Waals surface area (Å²) in [6.45, 7) is 8.27. The predicted octanol–water partition coefficient (Wildman–Crippen LogP) is 6.99. The van der Waals surface area contributed by atoms with Crippen LogP contribution >= 0.6 is 11.6 Å². The third-order valence-electron chi connectivity index (χ3n) is 4.16. The van der Waals surface area contributed by atoms with Gasteiger partial charge in [0.05, 0.1) is 11.3 Å². The van der Waals surface area contributed by atoms with Crippen molar-refractivity contribution in [3.05, 3.63) is 69.7 Å². The molecular weight excluding hydrogens is 375 g/mol. The van der Waals surface area contributed by atoms with Gasteiger partial charge < -0.3 is 4.84 Å². The number of hydrogen-bond donors (Lipinski definition) is 0. The number of halogens is 4. The Kier molecular flexibility index (Phi) is 6.58. The zero-order chi connectivity index (χ0) is 20.2. The van der Waals surface area contributed by atoms with Gasteiger partial charge in [0.25, 0.3) is 0 Å². The molecule has 0 aromatic heterocycles. The Bertz CT molecular complexity index is 806. The zero-order valence-corrected chi connectivity index (χ0v) is 16.6. The highest BCUT2D eigenvalue weighted by molar-refractivity contribution is 6.31. The van der Waals surface area contributed by atoms with E-state index in [2.05, 4.69) is 25.9 Å². The lowest BCUT2D eigenvalue weighted by molar-refractivity contribution is -0.137. The van der Waals surface area contributed by atoms with E-state index in [0.29, 0.717) is 0 Å². The van der Waals surface area contributed by atoms with Crippen LogP contribution in [0.3, 0.4) is 0 Å². The Labute approximate surface area is 163 Å². The van der Waals surface area contributed by atoms with E-state index < -0.39 is 11.7 Å². The maximum absolute atomic E-state index is 13.3. The lowest BCUT2D eigenvalue weighted by Gasteiger charge is -2.19. The number of alkyl halides is 3. The van der Waals surface area contributed by atoms with Crippen LogP contribution in [0, 0.1) is 0 Å². The maximum atomic E-state index is 13.3. The van der Waals surface area contributed by atoms with Crippen molar-refractivity contribution < 1.29 is 18.0 Å². The Balaban J connectivity index is 2.19. The molecular formula is C21H23ClF3NO. The van der Waals surface area contributed by atoms with Gasteiger partial charge in [-0.15, -0.1) is 0 Å². The third kappa shape index (κ3) is 5.73. The normalized spacial score (nSPS) is 13.0. The number of oxime groups is 1. The van der Waals surface area contributed by atoms with Crippen LogP contribution in [0.4, 0.5) is 13.2 Å². The molecule has 27 heavy (non-hydrogen) atoms. The van der Waals surface area contributed by atoms with Crippen molar-refractivity contribution in [2.75, 3.05) is 0 Å². The molecule has 0 radical (unpaired) electrons. The first-order chi connectivity index (χ1) is 12.5. The van der Waals surface area contributed by atoms with Crippen molar-refractivity contribution in [1.29, 1.82) is 0 Å². The van der Waals surface area contributed by atoms with Crippen LogP contribution in [-0.2, 0) is 23.0 Å². The molecule has 2 nitrogen and oxygen atoms in total. The van der Waals surface area contributed by atoms with Crippen LogP contribution in [0.5, 0.6) is 0 Å². The highest BCUT2D eigenvalue weighted by atomic mass is 35.5. The molecule has 0 saturated heterocycles. The van der Waals surface area contributed by atoms with Gasteiger partial charge in [-0.2, -0.15) is 13.2 Å². The van der Waals surface area contributed by atoms with Crippen LogP contribution in [-0.4, -0.2) is 5.71 Å². The van der Waals surface area contributed by atoms with E-state index in [1.807, 2.05) is 24.3 Å². The Morgan fingerprint density at radius 2 is 1.67 bits per heavy atom. The molecule has 2 aromatic carbocycles. The van der Waals surface area contributed by atoms with Gasteiger partial charge in [-0.05, 0) is 41.2 Å². The number of benzene rings is 2. The van der Waals surface area contributed by atoms with Gasteiger partial charge in [0.15, 0.2) is 0 Å². The smallest absolute Gasteiger partial charge is 0.391 e. The molecule has 0 spiro atoms. The minimum Gasteiger partial charge on any atom is -0.391 e. The maximum Gasteiger partial charge on any atom is 0.417 e. The first kappa shape index (κ1) is 21.3. The summed E-state index contributed by atoms with van der Waals surface area (Å²) in [4.78, 5) is 5.34. The van der Waals surface area contributed by atoms with Gasteiger partial charge in [-0.3, -0.25) is 0 Å². The topological polar surface area (TPSA) is 21.6 Å². The lowest BCUT2D eigenvalue weighted by atomic mass is 9.87. The van der Waals surface area contributed by atoms with Gasteiger partial charge >= 0.3 is 6.18 Å². The van der Waals surface area contributed by atoms with Gasteiger partial charge in [-0.25, -0.2) is 0 Å². The largest absolute Gasteiger partial charge is 0.417 e. The molecule has 0 atom stereocenters. The van der Waals surface area contributed by atoms with Crippen LogP contribution in [0.25, 0.3) is 0 Å². The first-order valence-corrected chi connectivity index (χ1v) is 9.05. The predicted molar refractivity (Wildman–Crippen MR) is 103 cm³/mol. The SMILES string of the molecule is CC/C(=N\OCc1ccc(C(C)(C)C)cc1)c1cc(Cl)ccc1C(F)(F)F. The molecule has 0 unspecified atom stereocenters. The quantitative estimate of drug-likeness (QED) is 0.393. The third-order valence-corrected chi connectivity index (χ3v) is 4.39. The highest BCUT2D eigenvalue weighted by Gasteiger charge is 2.34. The zero-order valence-electron chi connectivity index (χ0n) is 15.8. The van der Waals surface area contributed by atoms with Crippen molar-refractivity contribution >= 4 is 17.3 Å². The van der Waals surface area contributed by atoms with Gasteiger partial charge in [-0.1, -0.05) is 68.7 Å². The molecule has 0 amide bonds. The van der Waals surface area contributed by atoms with E-state index >= 15 is 0 Å². The summed E-state index contributed by atoms with van der Waals surface area (Å²) in [5.41, 5.74) is 1.51. The van der Waals surface area contributed by atoms with Crippen molar-refractivity contribution in [3.63, 3.8) is 0 Å². The summed E-state index contributed by atoms with van der Waals surface area (Å²) in [7, 11) is 0. The highest BCUT2D eigenvalue weighted by Crippen LogP contribution is 2.34. The van der Waals surface area contributed by atoms with Crippen LogP contribution in [0.15, 0.2) is 47.6 Å². The Morgan fingerprint density at radius 1 is 1.04 bits per heavy atom. The number of rotatable bonds is 5. The molecule has 146 valence electrons. The molecule has 0 bridgehead atoms. The summed E-state index contributed by atoms with van der Waals surface area (Å²) < 4.78 is 39.8. The Morgan fingerprint density at radius 3 is 2.19 bits per heavy atom. The monoisotopic (exact) mass is 397 g/mol. The molecule has 0 aliphatic carbocycles. The van der Waals surface area contributed by atoms with E-state index in [4.69, 9.17) is 16.4 Å². The van der Waals surface area contributed by atoms with Crippen LogP contribution in [0.2, 0.25) is 5.02 Å². The summed E-state index contributed by atoms with van der Waals surface area (Å²) in [5, 5.41) is 4.17. The second kappa shape index (κ2) is 8.34. The second-order valence-corrected chi connectivity index (χ2v) is 7.74. The van der Waals surface area contributed by atoms with Gasteiger partial charge in [0, 0.05) is 10.6 Å². The van der Waals surface area contributed by atoms with Crippen LogP contribution < -0.4 is 0 Å². The molecule has 0 saturated carbocycles. The molecule has 0 heterocycles. The summed E-state index contributed by atoms with van der Waals surface area (Å²) in [6.07, 6.45) is -4.20. The summed E-state index contributed by atoms with van der Waals surface area (Å²) in [5.74, 6) is 0. The average Bonchev–Trinajstić information content (AvgIpc) is 2.57. The minimum absolute atomic E-state index is 0.0491. The molecule has 2 aromatic rings. The van der Waals surface area contributed by atoms with E-state index in [0.717, 1.165) is 11.6 Å². The summed E-state index contributed by atoms with van der Waals surface area (Å²) in [6, 6.07) is 11.4. The van der Waals surface area contributed by atoms with E-state index in [1.54, 1.807) is 6.92 Å². The Hall–Kier alpha value is -2.01. The van der Waals surface area contributed by atoms with Crippen molar-refractivity contribution in [2.24, 2.45) is 5.16 Å². The fourth-order valence-electron chi connectivity index (χ4n) is 2.59. The van der Waals surface area contributed by atoms with E-state index in [-0.39, 0.29) is 34.7 Å². The van der Waals surface area contributed by atoms with E-state index in [1.165, 1.54) is 17.7 Å². The fraction of sp³-hybridized carbons (Fsp3) is 0.381. The second-order valence-electron chi connectivity index (χ2n) is 7.30. The van der Waals surface area contributed by atoms with Crippen molar-refractivity contribution in [2.45, 2.75) is 52.3 Å². The van der Waals surface area contributed by atoms with Gasteiger partial charge in [0.1, 0.15) is 6.61 Å². The van der Waals surface area contributed by atoms with E-state index in [9.17, 15) is 13.2 Å². The molecule has 6 heteroatoms. The number of nitrogens with zero attached hydrogens (tertiary/aromatic N) is 1. The van der Waals surface area contributed by atoms with Crippen molar-refractivity contribution in [1.82, 2.24) is 0 Å². The molecule has 0 aliphatic rings. The standard InChI is InChI=1S/C21H23ClF3NO/c1-5-19(17-12-16(22)10-11-18(17)21(23,24)25)26-27-13-14-6-8-15(9-7-14)20(2,3)4/h6-12H,5,13H2,1-4H3/b26-19+. The van der Waals surface area contributed by atoms with Crippen LogP contribution in [0.1, 0.15) is 56.4 Å². The lowest BCUT2D eigenvalue weighted by Crippen LogP contribution is -2.13. The molecule has 0 fully saturated rings. The molecule has 2 rings (SSSR count). The minimum atomic E-state index is -4.49. The average molecular weight is 398 g/mol. The van der Waals surface area contributed by atoms with Gasteiger partial charge in [0.2, 0.25) is 0 Å². The van der Waals surface area contributed by atoms with Crippen molar-refractivity contribution in [3.8, 4) is 0 Å². The molecule has 0 aliphatic heterocycles. The fourth-order valence-corrected chi connectivity index (χ4v) is 2.76. The molecule has 0 N–H and O–H groups in total. The summed E-state index contributed by atoms with van der Waals surface area (Å²) >= 11 is 5.89. The number of hydrogen-bond acceptors (Lipinski definition) is 2.